The third kappa shape index (κ3) is 3.78. The summed E-state index contributed by atoms with van der Waals surface area (Å²) in [7, 11) is 1.74. The van der Waals surface area contributed by atoms with Gasteiger partial charge < -0.3 is 10.6 Å². The van der Waals surface area contributed by atoms with Crippen LogP contribution >= 0.6 is 0 Å². The number of nitrogens with two attached hydrogens (primary N) is 1. The number of hydrogen-bond donors (Lipinski definition) is 2. The maximum atomic E-state index is 7.79. The summed E-state index contributed by atoms with van der Waals surface area (Å²) in [6, 6.07) is 1.67. The predicted octanol–water partition coefficient (Wildman–Crippen LogP) is 1.48. The number of nitrogens with one attached hydrogen (secondary N) is 1. The van der Waals surface area contributed by atoms with Crippen LogP contribution in [0.3, 0.4) is 0 Å². The molecule has 0 aliphatic rings. The van der Waals surface area contributed by atoms with E-state index >= 15 is 0 Å². The number of rotatable bonds is 3. The molecule has 0 aliphatic carbocycles. The zero-order valence-corrected chi connectivity index (χ0v) is 10.1. The van der Waals surface area contributed by atoms with Crippen molar-refractivity contribution in [2.45, 2.75) is 13.8 Å². The summed E-state index contributed by atoms with van der Waals surface area (Å²) in [5.74, 6) is 0.267. The van der Waals surface area contributed by atoms with Gasteiger partial charge in [-0.05, 0) is 6.07 Å². The Labute approximate surface area is 98.0 Å². The first-order valence-corrected chi connectivity index (χ1v) is 5.13. The molecule has 1 aromatic heterocycles. The Bertz CT molecular complexity index is 339. The SMILES string of the molecule is C=C(CN)N(C)C(=N)c1ccncn1.CC.[HH]. The van der Waals surface area contributed by atoms with Crippen molar-refractivity contribution >= 4 is 5.84 Å². The minimum Gasteiger partial charge on any atom is -0.331 e. The van der Waals surface area contributed by atoms with Crippen LogP contribution in [-0.4, -0.2) is 34.3 Å². The lowest BCUT2D eigenvalue weighted by Gasteiger charge is -2.20. The first-order valence-electron chi connectivity index (χ1n) is 5.13. The minimum absolute atomic E-state index is 0. The highest BCUT2D eigenvalue weighted by Crippen LogP contribution is 2.02. The highest BCUT2D eigenvalue weighted by Gasteiger charge is 2.09. The molecule has 1 aromatic rings. The van der Waals surface area contributed by atoms with E-state index in [1.165, 1.54) is 6.33 Å². The Kier molecular flexibility index (Phi) is 6.71. The van der Waals surface area contributed by atoms with Gasteiger partial charge in [-0.2, -0.15) is 0 Å². The van der Waals surface area contributed by atoms with Crippen LogP contribution in [0, 0.1) is 5.41 Å². The topological polar surface area (TPSA) is 78.9 Å². The van der Waals surface area contributed by atoms with E-state index in [0.717, 1.165) is 0 Å². The molecule has 0 saturated carbocycles. The summed E-state index contributed by atoms with van der Waals surface area (Å²) in [6.45, 7) is 8.06. The molecule has 16 heavy (non-hydrogen) atoms. The van der Waals surface area contributed by atoms with Crippen LogP contribution in [-0.2, 0) is 0 Å². The fraction of sp³-hybridized carbons (Fsp3) is 0.364. The van der Waals surface area contributed by atoms with Gasteiger partial charge in [0.25, 0.3) is 0 Å². The second-order valence-electron chi connectivity index (χ2n) is 2.77. The van der Waals surface area contributed by atoms with Crippen molar-refractivity contribution < 1.29 is 1.43 Å². The molecule has 0 amide bonds. The monoisotopic (exact) mass is 223 g/mol. The van der Waals surface area contributed by atoms with Crippen LogP contribution < -0.4 is 5.73 Å². The molecule has 1 rings (SSSR count). The fourth-order valence-corrected chi connectivity index (χ4v) is 0.898. The number of amidine groups is 1. The third-order valence-electron chi connectivity index (χ3n) is 1.87. The van der Waals surface area contributed by atoms with Crippen LogP contribution in [0.4, 0.5) is 0 Å². The van der Waals surface area contributed by atoms with E-state index in [4.69, 9.17) is 11.1 Å². The van der Waals surface area contributed by atoms with E-state index in [0.29, 0.717) is 17.9 Å². The van der Waals surface area contributed by atoms with E-state index in [-0.39, 0.29) is 7.26 Å². The van der Waals surface area contributed by atoms with Gasteiger partial charge in [-0.1, -0.05) is 20.4 Å². The molecule has 3 N–H and O–H groups in total. The zero-order valence-electron chi connectivity index (χ0n) is 10.1. The van der Waals surface area contributed by atoms with Crippen molar-refractivity contribution in [1.29, 1.82) is 5.41 Å². The van der Waals surface area contributed by atoms with Gasteiger partial charge in [0.15, 0.2) is 5.84 Å². The summed E-state index contributed by atoms with van der Waals surface area (Å²) >= 11 is 0. The predicted molar refractivity (Wildman–Crippen MR) is 68.3 cm³/mol. The Morgan fingerprint density at radius 2 is 2.25 bits per heavy atom. The van der Waals surface area contributed by atoms with Crippen molar-refractivity contribution in [3.05, 3.63) is 36.6 Å². The Morgan fingerprint density at radius 1 is 1.62 bits per heavy atom. The van der Waals surface area contributed by atoms with Crippen LogP contribution in [0.2, 0.25) is 0 Å². The molecule has 0 atom stereocenters. The molecule has 0 spiro atoms. The van der Waals surface area contributed by atoms with E-state index in [9.17, 15) is 0 Å². The molecule has 0 radical (unpaired) electrons. The van der Waals surface area contributed by atoms with Gasteiger partial charge in [0, 0.05) is 26.9 Å². The van der Waals surface area contributed by atoms with Gasteiger partial charge in [-0.25, -0.2) is 9.97 Å². The number of likely N-dealkylation sites (N-methyl/N-ethyl adjacent to an activating group) is 1. The second kappa shape index (κ2) is 7.53. The maximum absolute atomic E-state index is 7.79. The highest BCUT2D eigenvalue weighted by molar-refractivity contribution is 5.95. The van der Waals surface area contributed by atoms with Crippen molar-refractivity contribution in [3.8, 4) is 0 Å². The average Bonchev–Trinajstić information content (AvgIpc) is 2.39. The summed E-state index contributed by atoms with van der Waals surface area (Å²) in [5, 5.41) is 7.79. The van der Waals surface area contributed by atoms with E-state index in [1.807, 2.05) is 13.8 Å². The van der Waals surface area contributed by atoms with Crippen LogP contribution in [0.25, 0.3) is 0 Å². The molecule has 0 unspecified atom stereocenters. The second-order valence-corrected chi connectivity index (χ2v) is 2.77. The van der Waals surface area contributed by atoms with Gasteiger partial charge in [0.2, 0.25) is 0 Å². The van der Waals surface area contributed by atoms with Gasteiger partial charge in [0.1, 0.15) is 12.0 Å². The largest absolute Gasteiger partial charge is 0.331 e. The molecule has 1 heterocycles. The molecular formula is C11H21N5. The number of nitrogens with zero attached hydrogens (tertiary/aromatic N) is 3. The average molecular weight is 223 g/mol. The normalized spacial score (nSPS) is 8.75. The first-order chi connectivity index (χ1) is 7.66. The van der Waals surface area contributed by atoms with Gasteiger partial charge in [-0.3, -0.25) is 5.41 Å². The highest BCUT2D eigenvalue weighted by atomic mass is 15.2. The van der Waals surface area contributed by atoms with Crippen molar-refractivity contribution in [1.82, 2.24) is 14.9 Å². The number of hydrogen-bond acceptors (Lipinski definition) is 4. The van der Waals surface area contributed by atoms with Crippen LogP contribution in [0.15, 0.2) is 30.9 Å². The van der Waals surface area contributed by atoms with Crippen molar-refractivity contribution in [3.63, 3.8) is 0 Å². The number of aromatic nitrogens is 2. The Morgan fingerprint density at radius 3 is 2.69 bits per heavy atom. The van der Waals surface area contributed by atoms with Gasteiger partial charge >= 0.3 is 0 Å². The smallest absolute Gasteiger partial charge is 0.151 e. The Balaban J connectivity index is 0. The van der Waals surface area contributed by atoms with Crippen molar-refractivity contribution in [2.75, 3.05) is 13.6 Å². The lowest BCUT2D eigenvalue weighted by Crippen LogP contribution is -2.29. The molecule has 0 saturated heterocycles. The maximum Gasteiger partial charge on any atom is 0.151 e. The molecule has 0 aliphatic heterocycles. The van der Waals surface area contributed by atoms with Gasteiger partial charge in [0.05, 0.1) is 0 Å². The molecule has 0 bridgehead atoms. The van der Waals surface area contributed by atoms with Gasteiger partial charge in [-0.15, -0.1) is 0 Å². The fourth-order valence-electron chi connectivity index (χ4n) is 0.898. The standard InChI is InChI=1S/C9H13N5.C2H6.H2/c1-7(5-10)14(2)9(11)8-3-4-12-6-13-8;1-2;/h3-4,6,11H,1,5,10H2,2H3;1-2H3;1H. The molecule has 5 heteroatoms. The van der Waals surface area contributed by atoms with Crippen LogP contribution in [0.5, 0.6) is 0 Å². The van der Waals surface area contributed by atoms with Crippen molar-refractivity contribution in [2.24, 2.45) is 5.73 Å². The summed E-state index contributed by atoms with van der Waals surface area (Å²) in [6.07, 6.45) is 3.00. The molecule has 90 valence electrons. The molecule has 0 aromatic carbocycles. The molecule has 5 nitrogen and oxygen atoms in total. The third-order valence-corrected chi connectivity index (χ3v) is 1.87. The molecule has 0 fully saturated rings. The summed E-state index contributed by atoms with van der Waals surface area (Å²) in [5.41, 5.74) is 6.65. The minimum atomic E-state index is 0. The lowest BCUT2D eigenvalue weighted by atomic mass is 10.3. The quantitative estimate of drug-likeness (QED) is 0.601. The van der Waals surface area contributed by atoms with Crippen LogP contribution in [0.1, 0.15) is 21.0 Å². The first kappa shape index (κ1) is 14.2. The summed E-state index contributed by atoms with van der Waals surface area (Å²) < 4.78 is 0. The molecular weight excluding hydrogens is 202 g/mol. The van der Waals surface area contributed by atoms with E-state index in [2.05, 4.69) is 16.5 Å². The lowest BCUT2D eigenvalue weighted by molar-refractivity contribution is 0.608. The van der Waals surface area contributed by atoms with E-state index < -0.39 is 0 Å². The zero-order chi connectivity index (χ0) is 12.6. The Hall–Kier alpha value is -1.75. The summed E-state index contributed by atoms with van der Waals surface area (Å²) in [4.78, 5) is 9.34. The van der Waals surface area contributed by atoms with E-state index in [1.54, 1.807) is 24.2 Å².